The third-order valence-electron chi connectivity index (χ3n) is 3.60. The number of aromatic nitrogens is 2. The molecule has 0 spiro atoms. The van der Waals surface area contributed by atoms with Crippen LogP contribution in [0.3, 0.4) is 0 Å². The van der Waals surface area contributed by atoms with Gasteiger partial charge in [0, 0.05) is 22.7 Å². The number of nitro groups is 1. The van der Waals surface area contributed by atoms with E-state index in [4.69, 9.17) is 16.3 Å². The summed E-state index contributed by atoms with van der Waals surface area (Å²) < 4.78 is 32.0. The minimum atomic E-state index is -4.25. The molecule has 156 valence electrons. The van der Waals surface area contributed by atoms with Gasteiger partial charge in [0.1, 0.15) is 5.75 Å². The first-order chi connectivity index (χ1) is 14.2. The number of anilines is 2. The van der Waals surface area contributed by atoms with E-state index in [2.05, 4.69) is 20.2 Å². The molecule has 1 aromatic heterocycles. The van der Waals surface area contributed by atoms with Crippen LogP contribution in [0, 0.1) is 10.1 Å². The predicted octanol–water partition coefficient (Wildman–Crippen LogP) is 3.16. The lowest BCUT2D eigenvalue weighted by Gasteiger charge is -2.09. The van der Waals surface area contributed by atoms with Gasteiger partial charge in [0.25, 0.3) is 26.0 Å². The van der Waals surface area contributed by atoms with Crippen molar-refractivity contribution in [3.05, 3.63) is 63.2 Å². The lowest BCUT2D eigenvalue weighted by Crippen LogP contribution is -2.13. The number of nitro benzene ring substituents is 1. The van der Waals surface area contributed by atoms with E-state index in [-0.39, 0.29) is 22.3 Å². The van der Waals surface area contributed by atoms with Crippen molar-refractivity contribution in [2.24, 2.45) is 0 Å². The molecule has 0 unspecified atom stereocenters. The quantitative estimate of drug-likeness (QED) is 0.304. The Morgan fingerprint density at radius 1 is 1.20 bits per heavy atom. The van der Waals surface area contributed by atoms with Crippen molar-refractivity contribution in [1.29, 1.82) is 0 Å². The van der Waals surface area contributed by atoms with Crippen LogP contribution in [0.25, 0.3) is 0 Å². The van der Waals surface area contributed by atoms with E-state index in [1.165, 1.54) is 43.5 Å². The third-order valence-corrected chi connectivity index (χ3v) is 6.43. The van der Waals surface area contributed by atoms with Gasteiger partial charge in [0.15, 0.2) is 0 Å². The first-order valence-electron chi connectivity index (χ1n) is 7.95. The smallest absolute Gasteiger partial charge is 0.291 e. The molecule has 0 aliphatic rings. The largest absolute Gasteiger partial charge is 0.495 e. The Kier molecular flexibility index (Phi) is 6.14. The Morgan fingerprint density at radius 3 is 2.53 bits per heavy atom. The number of rotatable bonds is 7. The van der Waals surface area contributed by atoms with Crippen LogP contribution in [-0.4, -0.2) is 36.6 Å². The molecule has 2 N–H and O–H groups in total. The number of nitrogens with zero attached hydrogens (tertiary/aromatic N) is 3. The highest BCUT2D eigenvalue weighted by Gasteiger charge is 2.24. The second-order valence-corrected chi connectivity index (χ2v) is 8.85. The summed E-state index contributed by atoms with van der Waals surface area (Å²) in [7, 11) is -2.96. The molecular formula is C16H12ClN5O6S2. The molecule has 2 aromatic carbocycles. The van der Waals surface area contributed by atoms with Gasteiger partial charge in [-0.25, -0.2) is 0 Å². The molecule has 11 nitrogen and oxygen atoms in total. The van der Waals surface area contributed by atoms with E-state index in [0.717, 1.165) is 6.07 Å². The summed E-state index contributed by atoms with van der Waals surface area (Å²) in [6, 6.07) is 9.49. The zero-order chi connectivity index (χ0) is 21.9. The standard InChI is InChI=1S/C16H12ClN5O6S2/c1-28-13-7-6-11(22(24)25)8-12(13)21-30(26,27)16-20-19-15(29-16)18-14(23)9-2-4-10(17)5-3-9/h2-8,21H,1H3,(H,18,19,23). The maximum absolute atomic E-state index is 12.6. The van der Waals surface area contributed by atoms with E-state index in [0.29, 0.717) is 21.9 Å². The summed E-state index contributed by atoms with van der Waals surface area (Å²) >= 11 is 6.38. The maximum Gasteiger partial charge on any atom is 0.291 e. The monoisotopic (exact) mass is 469 g/mol. The molecule has 0 aliphatic carbocycles. The van der Waals surface area contributed by atoms with Gasteiger partial charge in [0.2, 0.25) is 5.13 Å². The second kappa shape index (κ2) is 8.61. The van der Waals surface area contributed by atoms with Crippen LogP contribution in [0.2, 0.25) is 5.02 Å². The van der Waals surface area contributed by atoms with Gasteiger partial charge in [-0.3, -0.25) is 24.9 Å². The molecule has 3 rings (SSSR count). The van der Waals surface area contributed by atoms with Gasteiger partial charge >= 0.3 is 0 Å². The summed E-state index contributed by atoms with van der Waals surface area (Å²) in [5.41, 5.74) is -0.186. The fourth-order valence-corrected chi connectivity index (χ4v) is 4.30. The first kappa shape index (κ1) is 21.4. The average molecular weight is 470 g/mol. The van der Waals surface area contributed by atoms with Crippen LogP contribution in [0.4, 0.5) is 16.5 Å². The molecule has 0 bridgehead atoms. The van der Waals surface area contributed by atoms with Crippen LogP contribution in [0.1, 0.15) is 10.4 Å². The molecule has 0 fully saturated rings. The topological polar surface area (TPSA) is 153 Å². The van der Waals surface area contributed by atoms with E-state index in [1.54, 1.807) is 0 Å². The van der Waals surface area contributed by atoms with Gasteiger partial charge < -0.3 is 4.74 Å². The second-order valence-electron chi connectivity index (χ2n) is 5.58. The number of halogens is 1. The molecule has 0 atom stereocenters. The van der Waals surface area contributed by atoms with E-state index >= 15 is 0 Å². The van der Waals surface area contributed by atoms with Crippen molar-refractivity contribution >= 4 is 55.4 Å². The number of hydrogen-bond acceptors (Lipinski definition) is 9. The molecule has 1 heterocycles. The van der Waals surface area contributed by atoms with Gasteiger partial charge in [-0.05, 0) is 30.3 Å². The van der Waals surface area contributed by atoms with Crippen molar-refractivity contribution in [3.8, 4) is 5.75 Å². The Morgan fingerprint density at radius 2 is 1.90 bits per heavy atom. The van der Waals surface area contributed by atoms with Crippen LogP contribution in [-0.2, 0) is 10.0 Å². The minimum Gasteiger partial charge on any atom is -0.495 e. The Balaban J connectivity index is 1.80. The summed E-state index contributed by atoms with van der Waals surface area (Å²) in [6.07, 6.45) is 0. The summed E-state index contributed by atoms with van der Waals surface area (Å²) in [6.45, 7) is 0. The fraction of sp³-hybridized carbons (Fsp3) is 0.0625. The predicted molar refractivity (Wildman–Crippen MR) is 110 cm³/mol. The highest BCUT2D eigenvalue weighted by atomic mass is 35.5. The van der Waals surface area contributed by atoms with E-state index in [1.807, 2.05) is 0 Å². The van der Waals surface area contributed by atoms with E-state index in [9.17, 15) is 23.3 Å². The molecular weight excluding hydrogens is 458 g/mol. The summed E-state index contributed by atoms with van der Waals surface area (Å²) in [5, 5.41) is 21.0. The SMILES string of the molecule is COc1ccc([N+](=O)[O-])cc1NS(=O)(=O)c1nnc(NC(=O)c2ccc(Cl)cc2)s1. The molecule has 0 saturated heterocycles. The van der Waals surface area contributed by atoms with Crippen molar-refractivity contribution in [1.82, 2.24) is 10.2 Å². The Labute approximate surface area is 178 Å². The minimum absolute atomic E-state index is 0.0543. The normalized spacial score (nSPS) is 11.0. The van der Waals surface area contributed by atoms with Crippen LogP contribution < -0.4 is 14.8 Å². The lowest BCUT2D eigenvalue weighted by atomic mass is 10.2. The van der Waals surface area contributed by atoms with Gasteiger partial charge in [-0.2, -0.15) is 8.42 Å². The average Bonchev–Trinajstić information content (AvgIpc) is 3.17. The zero-order valence-corrected chi connectivity index (χ0v) is 17.4. The molecule has 0 saturated carbocycles. The van der Waals surface area contributed by atoms with Gasteiger partial charge in [0.05, 0.1) is 17.7 Å². The van der Waals surface area contributed by atoms with Crippen molar-refractivity contribution in [2.75, 3.05) is 17.1 Å². The van der Waals surface area contributed by atoms with Crippen molar-refractivity contribution in [3.63, 3.8) is 0 Å². The van der Waals surface area contributed by atoms with Crippen LogP contribution in [0.5, 0.6) is 5.75 Å². The number of ether oxygens (including phenoxy) is 1. The molecule has 30 heavy (non-hydrogen) atoms. The number of nitrogens with one attached hydrogen (secondary N) is 2. The molecule has 0 radical (unpaired) electrons. The number of non-ortho nitro benzene ring substituents is 1. The van der Waals surface area contributed by atoms with Crippen molar-refractivity contribution in [2.45, 2.75) is 4.34 Å². The number of sulfonamides is 1. The molecule has 14 heteroatoms. The number of carbonyl (C=O) groups excluding carboxylic acids is 1. The summed E-state index contributed by atoms with van der Waals surface area (Å²) in [4.78, 5) is 22.5. The van der Waals surface area contributed by atoms with Crippen LogP contribution in [0.15, 0.2) is 46.8 Å². The molecule has 3 aromatic rings. The number of hydrogen-bond donors (Lipinski definition) is 2. The number of methoxy groups -OCH3 is 1. The third kappa shape index (κ3) is 4.82. The number of benzene rings is 2. The van der Waals surface area contributed by atoms with Crippen LogP contribution >= 0.6 is 22.9 Å². The fourth-order valence-electron chi connectivity index (χ4n) is 2.22. The first-order valence-corrected chi connectivity index (χ1v) is 10.6. The number of amides is 1. The Bertz CT molecular complexity index is 1210. The number of carbonyl (C=O) groups is 1. The highest BCUT2D eigenvalue weighted by Crippen LogP contribution is 2.31. The molecule has 0 aliphatic heterocycles. The molecule has 1 amide bonds. The zero-order valence-electron chi connectivity index (χ0n) is 15.0. The maximum atomic E-state index is 12.6. The van der Waals surface area contributed by atoms with Gasteiger partial charge in [-0.1, -0.05) is 22.9 Å². The van der Waals surface area contributed by atoms with Crippen molar-refractivity contribution < 1.29 is 22.9 Å². The highest BCUT2D eigenvalue weighted by molar-refractivity contribution is 7.94. The van der Waals surface area contributed by atoms with Gasteiger partial charge in [-0.15, -0.1) is 10.2 Å². The summed E-state index contributed by atoms with van der Waals surface area (Å²) in [5.74, 6) is -0.454. The lowest BCUT2D eigenvalue weighted by molar-refractivity contribution is -0.384. The van der Waals surface area contributed by atoms with E-state index < -0.39 is 25.2 Å². The Hall–Kier alpha value is -3.29.